The van der Waals surface area contributed by atoms with E-state index in [1.54, 1.807) is 0 Å². The zero-order valence-corrected chi connectivity index (χ0v) is 9.19. The highest BCUT2D eigenvalue weighted by Crippen LogP contribution is 2.03. The smallest absolute Gasteiger partial charge is 0.203 e. The molecule has 0 aliphatic carbocycles. The quantitative estimate of drug-likeness (QED) is 0.452. The fourth-order valence-corrected chi connectivity index (χ4v) is 1.61. The van der Waals surface area contributed by atoms with E-state index in [1.807, 2.05) is 22.9 Å². The lowest BCUT2D eigenvalue weighted by Crippen LogP contribution is -2.27. The summed E-state index contributed by atoms with van der Waals surface area (Å²) < 4.78 is 2.75. The maximum atomic E-state index is 10.7. The molecule has 0 amide bonds. The molecule has 0 fully saturated rings. The van der Waals surface area contributed by atoms with Crippen molar-refractivity contribution >= 4 is 46.4 Å². The van der Waals surface area contributed by atoms with E-state index in [1.165, 1.54) is 6.92 Å². The highest BCUT2D eigenvalue weighted by molar-refractivity contribution is 14.1. The van der Waals surface area contributed by atoms with Crippen molar-refractivity contribution in [3.63, 3.8) is 0 Å². The van der Waals surface area contributed by atoms with Crippen molar-refractivity contribution in [3.8, 4) is 0 Å². The Hall–Kier alpha value is 0.380. The first-order valence-corrected chi connectivity index (χ1v) is 4.69. The van der Waals surface area contributed by atoms with E-state index in [4.69, 9.17) is 0 Å². The van der Waals surface area contributed by atoms with Crippen LogP contribution in [0, 0.1) is 0 Å². The Kier molecular flexibility index (Phi) is 6.16. The van der Waals surface area contributed by atoms with Crippen LogP contribution in [0.25, 0.3) is 0 Å². The third-order valence-electron chi connectivity index (χ3n) is 1.21. The number of Topliss-reactive ketones (excluding diaryl/α,β-unsaturated/α-hetero) is 1. The molecule has 0 aliphatic rings. The molecule has 0 aliphatic heterocycles. The summed E-state index contributed by atoms with van der Waals surface area (Å²) in [4.78, 5) is 21.2. The molecule has 0 aromatic carbocycles. The van der Waals surface area contributed by atoms with E-state index in [2.05, 4.69) is 16.2 Å². The largest absolute Gasteiger partial charge is 0.300 e. The molecule has 0 rings (SSSR count). The average Bonchev–Trinajstić information content (AvgIpc) is 1.87. The van der Waals surface area contributed by atoms with Gasteiger partial charge < -0.3 is 4.79 Å². The molecule has 0 aromatic rings. The van der Waals surface area contributed by atoms with Crippen LogP contribution in [0.4, 0.5) is 0 Å². The lowest BCUT2D eigenvalue weighted by atomic mass is 10.1. The normalized spacial score (nSPS) is 12.6. The van der Waals surface area contributed by atoms with Gasteiger partial charge in [-0.3, -0.25) is 4.79 Å². The maximum Gasteiger partial charge on any atom is 0.203 e. The van der Waals surface area contributed by atoms with Crippen molar-refractivity contribution in [1.29, 1.82) is 0 Å². The first-order valence-electron chi connectivity index (χ1n) is 3.16. The summed E-state index contributed by atoms with van der Waals surface area (Å²) in [5, 5.41) is -0.222. The van der Waals surface area contributed by atoms with Crippen molar-refractivity contribution in [3.05, 3.63) is 0 Å². The Labute approximate surface area is 85.2 Å². The summed E-state index contributed by atoms with van der Waals surface area (Å²) in [6, 6.07) is -0.303. The summed E-state index contributed by atoms with van der Waals surface area (Å²) in [6.45, 7) is 1.51. The topological polar surface area (TPSA) is 46.2 Å². The van der Waals surface area contributed by atoms with Gasteiger partial charge in [-0.25, -0.2) is 3.53 Å². The molecule has 0 unspecified atom stereocenters. The zero-order chi connectivity index (χ0) is 8.85. The van der Waals surface area contributed by atoms with Gasteiger partial charge in [0.15, 0.2) is 0 Å². The average molecular weight is 287 g/mol. The number of carbonyl (C=O) groups is 2. The SMILES string of the molecule is CC(=O)CC[C@@H](NI)C(=O)S. The molecule has 0 saturated heterocycles. The number of halogens is 1. The van der Waals surface area contributed by atoms with Crippen molar-refractivity contribution in [1.82, 2.24) is 3.53 Å². The minimum absolute atomic E-state index is 0.0937. The van der Waals surface area contributed by atoms with Crippen LogP contribution in [0.5, 0.6) is 0 Å². The molecule has 0 heterocycles. The number of hydrogen-bond acceptors (Lipinski definition) is 3. The Bertz CT molecular complexity index is 163. The van der Waals surface area contributed by atoms with Crippen LogP contribution in [0.1, 0.15) is 19.8 Å². The molecule has 1 atom stereocenters. The number of ketones is 1. The second kappa shape index (κ2) is 5.96. The van der Waals surface area contributed by atoms with Crippen molar-refractivity contribution in [2.45, 2.75) is 25.8 Å². The van der Waals surface area contributed by atoms with E-state index in [-0.39, 0.29) is 16.9 Å². The first kappa shape index (κ1) is 11.4. The van der Waals surface area contributed by atoms with Gasteiger partial charge in [0.05, 0.1) is 6.04 Å². The van der Waals surface area contributed by atoms with Gasteiger partial charge in [-0.1, -0.05) is 0 Å². The Morgan fingerprint density at radius 2 is 2.18 bits per heavy atom. The molecule has 0 saturated carbocycles. The first-order chi connectivity index (χ1) is 5.07. The Morgan fingerprint density at radius 1 is 1.64 bits per heavy atom. The monoisotopic (exact) mass is 287 g/mol. The van der Waals surface area contributed by atoms with Crippen molar-refractivity contribution < 1.29 is 9.59 Å². The van der Waals surface area contributed by atoms with Crippen LogP contribution >= 0.6 is 35.5 Å². The molecular formula is C6H10INO2S. The molecule has 0 bridgehead atoms. The number of hydrogen-bond donors (Lipinski definition) is 2. The van der Waals surface area contributed by atoms with E-state index in [0.29, 0.717) is 12.8 Å². The van der Waals surface area contributed by atoms with E-state index >= 15 is 0 Å². The summed E-state index contributed by atoms with van der Waals surface area (Å²) in [5.41, 5.74) is 0. The summed E-state index contributed by atoms with van der Waals surface area (Å²) in [5.74, 6) is 0.0937. The second-order valence-electron chi connectivity index (χ2n) is 2.24. The molecular weight excluding hydrogens is 277 g/mol. The summed E-state index contributed by atoms with van der Waals surface area (Å²) in [6.07, 6.45) is 0.952. The number of rotatable bonds is 5. The molecule has 0 radical (unpaired) electrons. The minimum atomic E-state index is -0.303. The van der Waals surface area contributed by atoms with Crippen LogP contribution in [0.2, 0.25) is 0 Å². The Morgan fingerprint density at radius 3 is 2.45 bits per heavy atom. The highest BCUT2D eigenvalue weighted by Gasteiger charge is 2.13. The van der Waals surface area contributed by atoms with E-state index < -0.39 is 0 Å². The number of nitrogens with one attached hydrogen (secondary N) is 1. The minimum Gasteiger partial charge on any atom is -0.300 e. The van der Waals surface area contributed by atoms with Crippen LogP contribution in [0.3, 0.4) is 0 Å². The molecule has 0 spiro atoms. The lowest BCUT2D eigenvalue weighted by Gasteiger charge is -2.07. The van der Waals surface area contributed by atoms with Gasteiger partial charge >= 0.3 is 0 Å². The predicted molar refractivity (Wildman–Crippen MR) is 54.9 cm³/mol. The summed E-state index contributed by atoms with van der Waals surface area (Å²) >= 11 is 5.54. The van der Waals surface area contributed by atoms with Crippen LogP contribution < -0.4 is 3.53 Å². The Balaban J connectivity index is 3.70. The van der Waals surface area contributed by atoms with E-state index in [0.717, 1.165) is 0 Å². The molecule has 64 valence electrons. The van der Waals surface area contributed by atoms with Gasteiger partial charge in [0.2, 0.25) is 5.12 Å². The van der Waals surface area contributed by atoms with Gasteiger partial charge in [-0.15, -0.1) is 12.6 Å². The molecule has 3 nitrogen and oxygen atoms in total. The van der Waals surface area contributed by atoms with Gasteiger partial charge in [0.1, 0.15) is 5.78 Å². The van der Waals surface area contributed by atoms with Gasteiger partial charge in [0.25, 0.3) is 0 Å². The zero-order valence-electron chi connectivity index (χ0n) is 6.13. The molecule has 0 aromatic heterocycles. The number of thiol groups is 1. The number of carbonyl (C=O) groups excluding carboxylic acids is 2. The third-order valence-corrected chi connectivity index (χ3v) is 2.28. The summed E-state index contributed by atoms with van der Waals surface area (Å²) in [7, 11) is 0. The molecule has 5 heteroatoms. The second-order valence-corrected chi connectivity index (χ2v) is 3.30. The van der Waals surface area contributed by atoms with E-state index in [9.17, 15) is 9.59 Å². The fourth-order valence-electron chi connectivity index (χ4n) is 0.572. The third kappa shape index (κ3) is 5.63. The standard InChI is InChI=1S/C6H10INO2S/c1-4(9)2-3-5(8-7)6(10)11/h5,8H,2-3H2,1H3,(H,10,11)/t5-/m1/s1. The highest BCUT2D eigenvalue weighted by atomic mass is 127. The maximum absolute atomic E-state index is 10.7. The van der Waals surface area contributed by atoms with Crippen molar-refractivity contribution in [2.24, 2.45) is 0 Å². The van der Waals surface area contributed by atoms with Crippen LogP contribution in [-0.4, -0.2) is 16.9 Å². The fraction of sp³-hybridized carbons (Fsp3) is 0.667. The van der Waals surface area contributed by atoms with Gasteiger partial charge in [-0.05, 0) is 13.3 Å². The molecule has 1 N–H and O–H groups in total. The predicted octanol–water partition coefficient (Wildman–Crippen LogP) is 1.12. The van der Waals surface area contributed by atoms with Crippen LogP contribution in [-0.2, 0) is 9.59 Å². The van der Waals surface area contributed by atoms with Gasteiger partial charge in [-0.2, -0.15) is 0 Å². The van der Waals surface area contributed by atoms with Crippen LogP contribution in [0.15, 0.2) is 0 Å². The van der Waals surface area contributed by atoms with Gasteiger partial charge in [0, 0.05) is 29.3 Å². The lowest BCUT2D eigenvalue weighted by molar-refractivity contribution is -0.117. The van der Waals surface area contributed by atoms with Crippen molar-refractivity contribution in [2.75, 3.05) is 0 Å². The molecule has 11 heavy (non-hydrogen) atoms.